The number of rotatable bonds is 7. The maximum Gasteiger partial charge on any atom is 0.217 e. The van der Waals surface area contributed by atoms with Gasteiger partial charge in [-0.25, -0.2) is 8.42 Å². The van der Waals surface area contributed by atoms with Crippen LogP contribution in [0.15, 0.2) is 0 Å². The standard InChI is InChI=1S/C13H27NO3S/c1-9(2)11(5)13(8-15)14(12-6-7-12)18(16,17)10(3)4/h9-13,15H,6-8H2,1-5H3/t11?,13-/m1/s1. The van der Waals surface area contributed by atoms with E-state index in [9.17, 15) is 13.5 Å². The van der Waals surface area contributed by atoms with Crippen molar-refractivity contribution in [2.45, 2.75) is 64.8 Å². The summed E-state index contributed by atoms with van der Waals surface area (Å²) in [7, 11) is -3.29. The van der Waals surface area contributed by atoms with Crippen LogP contribution < -0.4 is 0 Å². The second-order valence-corrected chi connectivity index (χ2v) is 8.40. The molecule has 0 aliphatic heterocycles. The molecule has 1 aliphatic rings. The van der Waals surface area contributed by atoms with E-state index in [1.807, 2.05) is 6.92 Å². The topological polar surface area (TPSA) is 57.6 Å². The van der Waals surface area contributed by atoms with E-state index in [0.717, 1.165) is 12.8 Å². The van der Waals surface area contributed by atoms with Gasteiger partial charge in [-0.15, -0.1) is 0 Å². The van der Waals surface area contributed by atoms with Crippen molar-refractivity contribution in [3.8, 4) is 0 Å². The number of hydrogen-bond acceptors (Lipinski definition) is 3. The second-order valence-electron chi connectivity index (χ2n) is 6.01. The SMILES string of the molecule is CC(C)C(C)[C@@H](CO)N(C1CC1)S(=O)(=O)C(C)C. The van der Waals surface area contributed by atoms with Gasteiger partial charge in [-0.05, 0) is 38.5 Å². The normalized spacial score (nSPS) is 20.7. The summed E-state index contributed by atoms with van der Waals surface area (Å²) in [6.45, 7) is 9.48. The summed E-state index contributed by atoms with van der Waals surface area (Å²) < 4.78 is 26.5. The van der Waals surface area contributed by atoms with E-state index in [1.165, 1.54) is 0 Å². The lowest BCUT2D eigenvalue weighted by molar-refractivity contribution is 0.120. The van der Waals surface area contributed by atoms with Gasteiger partial charge in [0.05, 0.1) is 17.9 Å². The van der Waals surface area contributed by atoms with E-state index < -0.39 is 15.3 Å². The van der Waals surface area contributed by atoms with Gasteiger partial charge in [-0.3, -0.25) is 0 Å². The quantitative estimate of drug-likeness (QED) is 0.772. The zero-order valence-corrected chi connectivity index (χ0v) is 12.9. The van der Waals surface area contributed by atoms with E-state index in [4.69, 9.17) is 0 Å². The smallest absolute Gasteiger partial charge is 0.217 e. The van der Waals surface area contributed by atoms with Crippen molar-refractivity contribution < 1.29 is 13.5 Å². The molecule has 0 bridgehead atoms. The summed E-state index contributed by atoms with van der Waals surface area (Å²) in [5, 5.41) is 9.21. The van der Waals surface area contributed by atoms with Crippen LogP contribution in [0, 0.1) is 11.8 Å². The van der Waals surface area contributed by atoms with Gasteiger partial charge in [-0.2, -0.15) is 4.31 Å². The minimum atomic E-state index is -3.29. The molecule has 0 saturated heterocycles. The average Bonchev–Trinajstić information content (AvgIpc) is 3.07. The van der Waals surface area contributed by atoms with Crippen molar-refractivity contribution in [3.63, 3.8) is 0 Å². The molecule has 0 spiro atoms. The van der Waals surface area contributed by atoms with Crippen LogP contribution in [-0.4, -0.2) is 41.8 Å². The van der Waals surface area contributed by atoms with Gasteiger partial charge in [0.15, 0.2) is 0 Å². The molecule has 4 nitrogen and oxygen atoms in total. The second kappa shape index (κ2) is 5.88. The summed E-state index contributed by atoms with van der Waals surface area (Å²) in [5.41, 5.74) is 0. The summed E-state index contributed by atoms with van der Waals surface area (Å²) in [4.78, 5) is 0. The minimum absolute atomic E-state index is 0.0954. The Morgan fingerprint density at radius 1 is 1.17 bits per heavy atom. The molecule has 0 aromatic heterocycles. The molecular formula is C13H27NO3S. The molecule has 108 valence electrons. The lowest BCUT2D eigenvalue weighted by Gasteiger charge is -2.36. The summed E-state index contributed by atoms with van der Waals surface area (Å²) in [6.07, 6.45) is 1.85. The van der Waals surface area contributed by atoms with Crippen LogP contribution in [0.4, 0.5) is 0 Å². The molecule has 1 N–H and O–H groups in total. The highest BCUT2D eigenvalue weighted by Crippen LogP contribution is 2.35. The molecule has 0 amide bonds. The zero-order valence-electron chi connectivity index (χ0n) is 12.1. The van der Waals surface area contributed by atoms with Gasteiger partial charge in [0.25, 0.3) is 0 Å². The largest absolute Gasteiger partial charge is 0.395 e. The minimum Gasteiger partial charge on any atom is -0.395 e. The Balaban J connectivity index is 3.03. The Hall–Kier alpha value is -0.130. The van der Waals surface area contributed by atoms with E-state index in [2.05, 4.69) is 13.8 Å². The molecule has 1 rings (SSSR count). The molecule has 1 unspecified atom stereocenters. The third-order valence-corrected chi connectivity index (χ3v) is 6.32. The van der Waals surface area contributed by atoms with E-state index in [-0.39, 0.29) is 24.6 Å². The van der Waals surface area contributed by atoms with Gasteiger partial charge in [-0.1, -0.05) is 20.8 Å². The fraction of sp³-hybridized carbons (Fsp3) is 1.00. The zero-order chi connectivity index (χ0) is 14.1. The van der Waals surface area contributed by atoms with Crippen LogP contribution in [0.1, 0.15) is 47.5 Å². The molecule has 1 fully saturated rings. The third kappa shape index (κ3) is 3.25. The van der Waals surface area contributed by atoms with Gasteiger partial charge >= 0.3 is 0 Å². The molecule has 0 aromatic rings. The number of sulfonamides is 1. The predicted molar refractivity (Wildman–Crippen MR) is 73.8 cm³/mol. The van der Waals surface area contributed by atoms with E-state index in [0.29, 0.717) is 5.92 Å². The fourth-order valence-corrected chi connectivity index (χ4v) is 3.91. The van der Waals surface area contributed by atoms with Gasteiger partial charge < -0.3 is 5.11 Å². The highest BCUT2D eigenvalue weighted by Gasteiger charge is 2.44. The summed E-state index contributed by atoms with van der Waals surface area (Å²) in [6, 6.07) is -0.180. The lowest BCUT2D eigenvalue weighted by Crippen LogP contribution is -2.50. The maximum atomic E-state index is 12.5. The first-order chi connectivity index (χ1) is 8.23. The van der Waals surface area contributed by atoms with Crippen molar-refractivity contribution in [3.05, 3.63) is 0 Å². The monoisotopic (exact) mass is 277 g/mol. The summed E-state index contributed by atoms with van der Waals surface area (Å²) >= 11 is 0. The molecule has 18 heavy (non-hydrogen) atoms. The van der Waals surface area contributed by atoms with Crippen LogP contribution >= 0.6 is 0 Å². The number of hydrogen-bond donors (Lipinski definition) is 1. The predicted octanol–water partition coefficient (Wildman–Crippen LogP) is 1.84. The van der Waals surface area contributed by atoms with Crippen molar-refractivity contribution in [1.29, 1.82) is 0 Å². The van der Waals surface area contributed by atoms with Crippen LogP contribution in [0.25, 0.3) is 0 Å². The molecular weight excluding hydrogens is 250 g/mol. The third-order valence-electron chi connectivity index (χ3n) is 3.97. The molecule has 1 aliphatic carbocycles. The Morgan fingerprint density at radius 2 is 1.67 bits per heavy atom. The molecule has 0 heterocycles. The first kappa shape index (κ1) is 15.9. The molecule has 1 saturated carbocycles. The Morgan fingerprint density at radius 3 is 1.94 bits per heavy atom. The van der Waals surface area contributed by atoms with Gasteiger partial charge in [0.2, 0.25) is 10.0 Å². The molecule has 5 heteroatoms. The fourth-order valence-electron chi connectivity index (χ4n) is 2.16. The molecule has 0 aromatic carbocycles. The number of aliphatic hydroxyl groups is 1. The average molecular weight is 277 g/mol. The summed E-state index contributed by atoms with van der Waals surface area (Å²) in [5.74, 6) is 0.509. The van der Waals surface area contributed by atoms with Gasteiger partial charge in [0, 0.05) is 6.04 Å². The van der Waals surface area contributed by atoms with E-state index >= 15 is 0 Å². The maximum absolute atomic E-state index is 12.5. The Labute approximate surface area is 111 Å². The van der Waals surface area contributed by atoms with Crippen LogP contribution in [0.2, 0.25) is 0 Å². The number of nitrogens with zero attached hydrogens (tertiary/aromatic N) is 1. The molecule has 0 radical (unpaired) electrons. The van der Waals surface area contributed by atoms with Crippen LogP contribution in [-0.2, 0) is 10.0 Å². The van der Waals surface area contributed by atoms with Crippen molar-refractivity contribution in [1.82, 2.24) is 4.31 Å². The van der Waals surface area contributed by atoms with Gasteiger partial charge in [0.1, 0.15) is 0 Å². The Bertz CT molecular complexity index is 360. The molecule has 2 atom stereocenters. The van der Waals surface area contributed by atoms with Crippen LogP contribution in [0.5, 0.6) is 0 Å². The lowest BCUT2D eigenvalue weighted by atomic mass is 9.90. The first-order valence-corrected chi connectivity index (χ1v) is 8.37. The van der Waals surface area contributed by atoms with Crippen molar-refractivity contribution in [2.75, 3.05) is 6.61 Å². The highest BCUT2D eigenvalue weighted by atomic mass is 32.2. The Kier molecular flexibility index (Phi) is 5.21. The first-order valence-electron chi connectivity index (χ1n) is 6.86. The van der Waals surface area contributed by atoms with Crippen molar-refractivity contribution in [2.24, 2.45) is 11.8 Å². The van der Waals surface area contributed by atoms with Crippen molar-refractivity contribution >= 4 is 10.0 Å². The number of aliphatic hydroxyl groups excluding tert-OH is 1. The highest BCUT2D eigenvalue weighted by molar-refractivity contribution is 7.89. The van der Waals surface area contributed by atoms with Crippen LogP contribution in [0.3, 0.4) is 0 Å². The van der Waals surface area contributed by atoms with E-state index in [1.54, 1.807) is 18.2 Å².